The summed E-state index contributed by atoms with van der Waals surface area (Å²) in [6.07, 6.45) is 4.46. The van der Waals surface area contributed by atoms with E-state index in [9.17, 15) is 0 Å². The third kappa shape index (κ3) is 4.32. The van der Waals surface area contributed by atoms with E-state index in [2.05, 4.69) is 40.8 Å². The van der Waals surface area contributed by atoms with Crippen LogP contribution in [-0.4, -0.2) is 48.6 Å². The minimum Gasteiger partial charge on any atom is -0.359 e. The van der Waals surface area contributed by atoms with Crippen LogP contribution in [0.25, 0.3) is 0 Å². The summed E-state index contributed by atoms with van der Waals surface area (Å²) in [6.45, 7) is 5.58. The average molecular weight is 297 g/mol. The number of anilines is 1. The normalized spacial score (nSPS) is 17.4. The van der Waals surface area contributed by atoms with Crippen LogP contribution in [-0.2, 0) is 6.42 Å². The molecule has 1 fully saturated rings. The Bertz CT molecular complexity index is 430. The Morgan fingerprint density at radius 1 is 1.35 bits per heavy atom. The van der Waals surface area contributed by atoms with Crippen molar-refractivity contribution >= 4 is 17.4 Å². The van der Waals surface area contributed by atoms with Crippen molar-refractivity contribution in [3.8, 4) is 0 Å². The molecule has 0 unspecified atom stereocenters. The molecule has 2 rings (SSSR count). The van der Waals surface area contributed by atoms with Crippen molar-refractivity contribution in [3.05, 3.63) is 17.0 Å². The fraction of sp³-hybridized carbons (Fsp3) is 0.733. The summed E-state index contributed by atoms with van der Waals surface area (Å²) in [4.78, 5) is 13.5. The number of halogens is 1. The average Bonchev–Trinajstić information content (AvgIpc) is 2.41. The Kier molecular flexibility index (Phi) is 5.61. The van der Waals surface area contributed by atoms with Crippen molar-refractivity contribution in [2.24, 2.45) is 5.92 Å². The van der Waals surface area contributed by atoms with Crippen molar-refractivity contribution < 1.29 is 0 Å². The molecule has 2 heterocycles. The maximum absolute atomic E-state index is 6.11. The molecule has 0 spiro atoms. The van der Waals surface area contributed by atoms with Gasteiger partial charge in [-0.15, -0.1) is 0 Å². The number of hydrogen-bond donors (Lipinski definition) is 0. The largest absolute Gasteiger partial charge is 0.359 e. The van der Waals surface area contributed by atoms with E-state index in [1.165, 1.54) is 25.9 Å². The number of aromatic nitrogens is 2. The standard InChI is InChI=1S/C15H25ClN4/c1-4-5-14-17-13(16)10-15(18-14)20(3)11-12-6-8-19(2)9-7-12/h10,12H,4-9,11H2,1-3H3. The van der Waals surface area contributed by atoms with Crippen LogP contribution in [0.4, 0.5) is 5.82 Å². The van der Waals surface area contributed by atoms with Gasteiger partial charge in [-0.05, 0) is 45.3 Å². The van der Waals surface area contributed by atoms with Crippen LogP contribution in [0.2, 0.25) is 5.15 Å². The first-order chi connectivity index (χ1) is 9.58. The number of likely N-dealkylation sites (tertiary alicyclic amines) is 1. The van der Waals surface area contributed by atoms with Gasteiger partial charge in [-0.3, -0.25) is 0 Å². The second-order valence-corrected chi connectivity index (χ2v) is 6.23. The third-order valence-electron chi connectivity index (χ3n) is 3.96. The monoisotopic (exact) mass is 296 g/mol. The Morgan fingerprint density at radius 3 is 2.70 bits per heavy atom. The van der Waals surface area contributed by atoms with Crippen molar-refractivity contribution in [1.29, 1.82) is 0 Å². The lowest BCUT2D eigenvalue weighted by atomic mass is 9.97. The van der Waals surface area contributed by atoms with E-state index in [0.29, 0.717) is 5.15 Å². The zero-order valence-electron chi connectivity index (χ0n) is 12.8. The van der Waals surface area contributed by atoms with Gasteiger partial charge in [0.15, 0.2) is 0 Å². The molecule has 0 bridgehead atoms. The molecule has 112 valence electrons. The second kappa shape index (κ2) is 7.23. The van der Waals surface area contributed by atoms with E-state index in [0.717, 1.165) is 36.9 Å². The first kappa shape index (κ1) is 15.5. The summed E-state index contributed by atoms with van der Waals surface area (Å²) in [7, 11) is 4.30. The molecule has 0 radical (unpaired) electrons. The molecule has 1 aliphatic rings. The van der Waals surface area contributed by atoms with E-state index in [1.807, 2.05) is 6.07 Å². The van der Waals surface area contributed by atoms with E-state index < -0.39 is 0 Å². The molecule has 1 saturated heterocycles. The highest BCUT2D eigenvalue weighted by Crippen LogP contribution is 2.21. The fourth-order valence-corrected chi connectivity index (χ4v) is 2.90. The van der Waals surface area contributed by atoms with E-state index in [-0.39, 0.29) is 0 Å². The topological polar surface area (TPSA) is 32.3 Å². The molecule has 4 nitrogen and oxygen atoms in total. The lowest BCUT2D eigenvalue weighted by molar-refractivity contribution is 0.222. The first-order valence-electron chi connectivity index (χ1n) is 7.51. The van der Waals surface area contributed by atoms with Gasteiger partial charge in [-0.25, -0.2) is 9.97 Å². The van der Waals surface area contributed by atoms with Crippen LogP contribution in [0.5, 0.6) is 0 Å². The predicted octanol–water partition coefficient (Wildman–Crippen LogP) is 2.86. The minimum atomic E-state index is 0.550. The van der Waals surface area contributed by atoms with Gasteiger partial charge in [0, 0.05) is 26.1 Å². The smallest absolute Gasteiger partial charge is 0.134 e. The number of piperidine rings is 1. The molecule has 0 amide bonds. The van der Waals surface area contributed by atoms with Crippen LogP contribution in [0.15, 0.2) is 6.07 Å². The van der Waals surface area contributed by atoms with Crippen molar-refractivity contribution in [2.75, 3.05) is 38.6 Å². The molecule has 20 heavy (non-hydrogen) atoms. The highest BCUT2D eigenvalue weighted by molar-refractivity contribution is 6.29. The Morgan fingerprint density at radius 2 is 2.05 bits per heavy atom. The van der Waals surface area contributed by atoms with Crippen LogP contribution in [0.1, 0.15) is 32.0 Å². The number of aryl methyl sites for hydroxylation is 1. The lowest BCUT2D eigenvalue weighted by Gasteiger charge is -2.32. The van der Waals surface area contributed by atoms with Gasteiger partial charge in [0.1, 0.15) is 16.8 Å². The maximum atomic E-state index is 6.11. The minimum absolute atomic E-state index is 0.550. The lowest BCUT2D eigenvalue weighted by Crippen LogP contribution is -2.36. The van der Waals surface area contributed by atoms with Crippen molar-refractivity contribution in [1.82, 2.24) is 14.9 Å². The highest BCUT2D eigenvalue weighted by atomic mass is 35.5. The zero-order chi connectivity index (χ0) is 14.5. The van der Waals surface area contributed by atoms with Crippen molar-refractivity contribution in [3.63, 3.8) is 0 Å². The van der Waals surface area contributed by atoms with Gasteiger partial charge in [-0.2, -0.15) is 0 Å². The Labute approximate surface area is 127 Å². The predicted molar refractivity (Wildman–Crippen MR) is 84.5 cm³/mol. The molecule has 1 aliphatic heterocycles. The molecule has 0 atom stereocenters. The van der Waals surface area contributed by atoms with Gasteiger partial charge in [0.2, 0.25) is 0 Å². The van der Waals surface area contributed by atoms with E-state index in [1.54, 1.807) is 0 Å². The van der Waals surface area contributed by atoms with Gasteiger partial charge in [0.25, 0.3) is 0 Å². The maximum Gasteiger partial charge on any atom is 0.134 e. The summed E-state index contributed by atoms with van der Waals surface area (Å²) in [5, 5.41) is 0.550. The molecule has 1 aromatic rings. The van der Waals surface area contributed by atoms with E-state index in [4.69, 9.17) is 11.6 Å². The Balaban J connectivity index is 1.99. The van der Waals surface area contributed by atoms with Crippen LogP contribution in [0, 0.1) is 5.92 Å². The molecule has 0 saturated carbocycles. The van der Waals surface area contributed by atoms with Crippen LogP contribution < -0.4 is 4.90 Å². The van der Waals surface area contributed by atoms with Gasteiger partial charge >= 0.3 is 0 Å². The van der Waals surface area contributed by atoms with E-state index >= 15 is 0 Å². The molecule has 5 heteroatoms. The van der Waals surface area contributed by atoms with Crippen molar-refractivity contribution in [2.45, 2.75) is 32.6 Å². The summed E-state index contributed by atoms with van der Waals surface area (Å²) < 4.78 is 0. The fourth-order valence-electron chi connectivity index (χ4n) is 2.71. The molecule has 0 aromatic carbocycles. The SMILES string of the molecule is CCCc1nc(Cl)cc(N(C)CC2CCN(C)CC2)n1. The highest BCUT2D eigenvalue weighted by Gasteiger charge is 2.19. The zero-order valence-corrected chi connectivity index (χ0v) is 13.5. The Hall–Kier alpha value is -0.870. The van der Waals surface area contributed by atoms with Crippen LogP contribution in [0.3, 0.4) is 0 Å². The number of nitrogens with zero attached hydrogens (tertiary/aromatic N) is 4. The summed E-state index contributed by atoms with van der Waals surface area (Å²) in [5.41, 5.74) is 0. The van der Waals surface area contributed by atoms with Gasteiger partial charge < -0.3 is 9.80 Å². The molecular weight excluding hydrogens is 272 g/mol. The molecular formula is C15H25ClN4. The second-order valence-electron chi connectivity index (χ2n) is 5.84. The molecule has 0 aliphatic carbocycles. The molecule has 1 aromatic heterocycles. The quantitative estimate of drug-likeness (QED) is 0.782. The van der Waals surface area contributed by atoms with Crippen LogP contribution >= 0.6 is 11.6 Å². The number of rotatable bonds is 5. The summed E-state index contributed by atoms with van der Waals surface area (Å²) in [5.74, 6) is 2.55. The summed E-state index contributed by atoms with van der Waals surface area (Å²) >= 11 is 6.11. The summed E-state index contributed by atoms with van der Waals surface area (Å²) in [6, 6.07) is 1.87. The van der Waals surface area contributed by atoms with Gasteiger partial charge in [0.05, 0.1) is 0 Å². The third-order valence-corrected chi connectivity index (χ3v) is 4.16. The molecule has 0 N–H and O–H groups in total. The number of hydrogen-bond acceptors (Lipinski definition) is 4. The first-order valence-corrected chi connectivity index (χ1v) is 7.89. The van der Waals surface area contributed by atoms with Gasteiger partial charge in [-0.1, -0.05) is 18.5 Å².